The lowest BCUT2D eigenvalue weighted by Gasteiger charge is -2.26. The number of hydrogen-bond acceptors (Lipinski definition) is 5. The molecule has 1 aromatic carbocycles. The lowest BCUT2D eigenvalue weighted by Crippen LogP contribution is -2.20. The van der Waals surface area contributed by atoms with Crippen LogP contribution >= 0.6 is 0 Å². The molecule has 3 rings (SSSR count). The number of nitrogens with one attached hydrogen (secondary N) is 1. The lowest BCUT2D eigenvalue weighted by atomic mass is 10.0. The summed E-state index contributed by atoms with van der Waals surface area (Å²) in [5.74, 6) is 1.58. The molecule has 0 spiro atoms. The van der Waals surface area contributed by atoms with Crippen LogP contribution in [0, 0.1) is 11.3 Å². The summed E-state index contributed by atoms with van der Waals surface area (Å²) in [5.41, 5.74) is 1.44. The summed E-state index contributed by atoms with van der Waals surface area (Å²) >= 11 is 0. The highest BCUT2D eigenvalue weighted by Crippen LogP contribution is 2.33. The predicted molar refractivity (Wildman–Crippen MR) is 69.7 cm³/mol. The van der Waals surface area contributed by atoms with Crippen LogP contribution in [-0.4, -0.2) is 16.6 Å². The summed E-state index contributed by atoms with van der Waals surface area (Å²) in [6.45, 7) is 0.679. The Morgan fingerprint density at radius 3 is 2.95 bits per heavy atom. The summed E-state index contributed by atoms with van der Waals surface area (Å²) in [7, 11) is 0. The van der Waals surface area contributed by atoms with Gasteiger partial charge >= 0.3 is 0 Å². The van der Waals surface area contributed by atoms with Gasteiger partial charge in [-0.15, -0.1) is 0 Å². The van der Waals surface area contributed by atoms with Crippen LogP contribution in [0.25, 0.3) is 0 Å². The number of para-hydroxylation sites is 1. The molecular formula is C14H12N4O. The smallest absolute Gasteiger partial charge is 0.158 e. The second-order valence-electron chi connectivity index (χ2n) is 4.27. The molecule has 2 aromatic rings. The molecule has 0 radical (unpaired) electrons. The number of fused-ring (bicyclic) bond motifs is 1. The van der Waals surface area contributed by atoms with Crippen molar-refractivity contribution in [2.24, 2.45) is 0 Å². The van der Waals surface area contributed by atoms with Crippen molar-refractivity contribution < 1.29 is 4.74 Å². The fourth-order valence-corrected chi connectivity index (χ4v) is 2.13. The molecule has 1 aliphatic rings. The Balaban J connectivity index is 1.82. The number of rotatable bonds is 2. The Morgan fingerprint density at radius 2 is 2.16 bits per heavy atom. The molecule has 94 valence electrons. The van der Waals surface area contributed by atoms with Gasteiger partial charge in [-0.25, -0.2) is 9.97 Å². The van der Waals surface area contributed by atoms with E-state index in [0.717, 1.165) is 17.7 Å². The highest BCUT2D eigenvalue weighted by atomic mass is 16.5. The van der Waals surface area contributed by atoms with Gasteiger partial charge < -0.3 is 10.1 Å². The van der Waals surface area contributed by atoms with Crippen LogP contribution in [-0.2, 0) is 0 Å². The van der Waals surface area contributed by atoms with E-state index in [1.54, 1.807) is 6.20 Å². The van der Waals surface area contributed by atoms with Crippen LogP contribution in [0.3, 0.4) is 0 Å². The van der Waals surface area contributed by atoms with Gasteiger partial charge in [0, 0.05) is 12.0 Å². The van der Waals surface area contributed by atoms with E-state index in [0.29, 0.717) is 18.1 Å². The first-order valence-corrected chi connectivity index (χ1v) is 6.07. The lowest BCUT2D eigenvalue weighted by molar-refractivity contribution is 0.274. The molecule has 1 aliphatic heterocycles. The molecule has 5 nitrogen and oxygen atoms in total. The van der Waals surface area contributed by atoms with E-state index in [1.165, 1.54) is 6.20 Å². The number of aromatic nitrogens is 2. The molecule has 2 heterocycles. The normalized spacial score (nSPS) is 16.9. The molecule has 1 unspecified atom stereocenters. The van der Waals surface area contributed by atoms with Gasteiger partial charge in [0.25, 0.3) is 0 Å². The highest BCUT2D eigenvalue weighted by Gasteiger charge is 2.21. The Labute approximate surface area is 110 Å². The first-order valence-electron chi connectivity index (χ1n) is 6.07. The van der Waals surface area contributed by atoms with E-state index in [1.807, 2.05) is 30.3 Å². The molecule has 0 bridgehead atoms. The third kappa shape index (κ3) is 2.33. The second kappa shape index (κ2) is 4.94. The molecule has 0 aliphatic carbocycles. The van der Waals surface area contributed by atoms with Gasteiger partial charge in [-0.1, -0.05) is 18.2 Å². The number of nitriles is 1. The third-order valence-electron chi connectivity index (χ3n) is 3.05. The summed E-state index contributed by atoms with van der Waals surface area (Å²) in [6.07, 6.45) is 3.92. The van der Waals surface area contributed by atoms with Gasteiger partial charge in [-0.2, -0.15) is 5.26 Å². The zero-order chi connectivity index (χ0) is 13.1. The van der Waals surface area contributed by atoms with Crippen molar-refractivity contribution in [3.8, 4) is 11.8 Å². The van der Waals surface area contributed by atoms with Crippen LogP contribution in [0.4, 0.5) is 5.82 Å². The van der Waals surface area contributed by atoms with Crippen LogP contribution in [0.15, 0.2) is 36.7 Å². The summed E-state index contributed by atoms with van der Waals surface area (Å²) in [5, 5.41) is 12.0. The summed E-state index contributed by atoms with van der Waals surface area (Å²) < 4.78 is 5.61. The average Bonchev–Trinajstić information content (AvgIpc) is 2.48. The molecule has 5 heteroatoms. The SMILES string of the molecule is N#Cc1cnc(NC2CCOc3ccccc32)cn1. The monoisotopic (exact) mass is 252 g/mol. The van der Waals surface area contributed by atoms with Gasteiger partial charge in [0.2, 0.25) is 0 Å². The molecule has 19 heavy (non-hydrogen) atoms. The number of benzene rings is 1. The van der Waals surface area contributed by atoms with Crippen molar-refractivity contribution >= 4 is 5.82 Å². The molecule has 0 amide bonds. The largest absolute Gasteiger partial charge is 0.493 e. The fraction of sp³-hybridized carbons (Fsp3) is 0.214. The van der Waals surface area contributed by atoms with Gasteiger partial charge in [-0.05, 0) is 6.07 Å². The second-order valence-corrected chi connectivity index (χ2v) is 4.27. The van der Waals surface area contributed by atoms with Crippen molar-refractivity contribution in [2.75, 3.05) is 11.9 Å². The minimum atomic E-state index is 0.159. The maximum Gasteiger partial charge on any atom is 0.158 e. The Morgan fingerprint density at radius 1 is 1.26 bits per heavy atom. The quantitative estimate of drug-likeness (QED) is 0.887. The maximum atomic E-state index is 8.69. The molecule has 1 atom stereocenters. The Kier molecular flexibility index (Phi) is 2.99. The average molecular weight is 252 g/mol. The minimum absolute atomic E-state index is 0.159. The van der Waals surface area contributed by atoms with Gasteiger partial charge in [0.1, 0.15) is 17.6 Å². The van der Waals surface area contributed by atoms with E-state index >= 15 is 0 Å². The molecule has 1 aromatic heterocycles. The molecule has 1 N–H and O–H groups in total. The summed E-state index contributed by atoms with van der Waals surface area (Å²) in [6, 6.07) is 10.1. The van der Waals surface area contributed by atoms with Gasteiger partial charge in [0.15, 0.2) is 5.69 Å². The zero-order valence-corrected chi connectivity index (χ0v) is 10.2. The van der Waals surface area contributed by atoms with Crippen molar-refractivity contribution in [2.45, 2.75) is 12.5 Å². The number of hydrogen-bond donors (Lipinski definition) is 1. The fourth-order valence-electron chi connectivity index (χ4n) is 2.13. The number of ether oxygens (including phenoxy) is 1. The molecule has 0 fully saturated rings. The first-order chi connectivity index (χ1) is 9.36. The van der Waals surface area contributed by atoms with E-state index in [4.69, 9.17) is 10.00 Å². The highest BCUT2D eigenvalue weighted by molar-refractivity contribution is 5.44. The molecule has 0 saturated heterocycles. The minimum Gasteiger partial charge on any atom is -0.493 e. The van der Waals surface area contributed by atoms with E-state index in [9.17, 15) is 0 Å². The maximum absolute atomic E-state index is 8.69. The molecule has 0 saturated carbocycles. The zero-order valence-electron chi connectivity index (χ0n) is 10.2. The number of nitrogens with zero attached hydrogens (tertiary/aromatic N) is 3. The number of anilines is 1. The first kappa shape index (κ1) is 11.5. The van der Waals surface area contributed by atoms with Crippen molar-refractivity contribution in [3.63, 3.8) is 0 Å². The van der Waals surface area contributed by atoms with Crippen LogP contribution in [0.2, 0.25) is 0 Å². The van der Waals surface area contributed by atoms with Crippen LogP contribution in [0.5, 0.6) is 5.75 Å². The van der Waals surface area contributed by atoms with E-state index < -0.39 is 0 Å². The van der Waals surface area contributed by atoms with Crippen molar-refractivity contribution in [3.05, 3.63) is 47.9 Å². The predicted octanol–water partition coefficient (Wildman–Crippen LogP) is 2.28. The van der Waals surface area contributed by atoms with Gasteiger partial charge in [-0.3, -0.25) is 0 Å². The van der Waals surface area contributed by atoms with E-state index in [2.05, 4.69) is 15.3 Å². The van der Waals surface area contributed by atoms with Crippen molar-refractivity contribution in [1.82, 2.24) is 9.97 Å². The summed E-state index contributed by atoms with van der Waals surface area (Å²) in [4.78, 5) is 8.18. The molecular weight excluding hydrogens is 240 g/mol. The van der Waals surface area contributed by atoms with Crippen molar-refractivity contribution in [1.29, 1.82) is 5.26 Å². The Bertz CT molecular complexity index is 618. The Hall–Kier alpha value is -2.61. The van der Waals surface area contributed by atoms with E-state index in [-0.39, 0.29) is 6.04 Å². The van der Waals surface area contributed by atoms with Crippen LogP contribution < -0.4 is 10.1 Å². The standard InChI is InChI=1S/C14H12N4O/c15-7-10-8-17-14(9-16-10)18-12-5-6-19-13-4-2-1-3-11(12)13/h1-4,8-9,12H,5-6H2,(H,17,18). The topological polar surface area (TPSA) is 70.8 Å². The van der Waals surface area contributed by atoms with Gasteiger partial charge in [0.05, 0.1) is 25.0 Å². The third-order valence-corrected chi connectivity index (χ3v) is 3.05. The van der Waals surface area contributed by atoms with Crippen LogP contribution in [0.1, 0.15) is 23.7 Å².